The maximum Gasteiger partial charge on any atom is 0.319 e. The van der Waals surface area contributed by atoms with E-state index < -0.39 is 11.4 Å². The Kier molecular flexibility index (Phi) is 4.69. The van der Waals surface area contributed by atoms with Gasteiger partial charge in [0.15, 0.2) is 0 Å². The van der Waals surface area contributed by atoms with Gasteiger partial charge >= 0.3 is 5.97 Å². The van der Waals surface area contributed by atoms with Crippen molar-refractivity contribution in [2.24, 2.45) is 11.3 Å². The van der Waals surface area contributed by atoms with E-state index in [0.29, 0.717) is 18.8 Å². The largest absolute Gasteiger partial charge is 0.480 e. The number of hydrogen-bond acceptors (Lipinski definition) is 2. The zero-order valence-corrected chi connectivity index (χ0v) is 13.5. The number of piperidine rings is 1. The van der Waals surface area contributed by atoms with Gasteiger partial charge in [0.1, 0.15) is 5.41 Å². The predicted molar refractivity (Wildman–Crippen MR) is 88.0 cm³/mol. The number of rotatable bonds is 6. The van der Waals surface area contributed by atoms with Gasteiger partial charge in [0, 0.05) is 13.1 Å². The fraction of sp³-hybridized carbons (Fsp3) is 0.579. The summed E-state index contributed by atoms with van der Waals surface area (Å²) in [5, 5.41) is 9.29. The van der Waals surface area contributed by atoms with Crippen molar-refractivity contribution in [3.63, 3.8) is 0 Å². The van der Waals surface area contributed by atoms with Gasteiger partial charge in [0.05, 0.1) is 0 Å². The standard InChI is InChI=1S/C19H25NO3/c21-17(19(11-12-19)18(22)23)20-13-5-10-16(14-20)9-4-8-15-6-2-1-3-7-15/h1-3,6-7,16H,4-5,8-14H2,(H,22,23). The molecule has 1 saturated heterocycles. The molecule has 23 heavy (non-hydrogen) atoms. The Labute approximate surface area is 137 Å². The van der Waals surface area contributed by atoms with Gasteiger partial charge < -0.3 is 10.0 Å². The fourth-order valence-corrected chi connectivity index (χ4v) is 3.67. The molecule has 124 valence electrons. The molecule has 1 aliphatic heterocycles. The number of carboxylic acids is 1. The average Bonchev–Trinajstić information content (AvgIpc) is 3.37. The van der Waals surface area contributed by atoms with E-state index in [2.05, 4.69) is 24.3 Å². The maximum absolute atomic E-state index is 12.5. The third-order valence-corrected chi connectivity index (χ3v) is 5.30. The Morgan fingerprint density at radius 2 is 1.96 bits per heavy atom. The van der Waals surface area contributed by atoms with Crippen LogP contribution in [0.25, 0.3) is 0 Å². The Bertz CT molecular complexity index is 565. The van der Waals surface area contributed by atoms with Crippen LogP contribution >= 0.6 is 0 Å². The van der Waals surface area contributed by atoms with Gasteiger partial charge in [-0.3, -0.25) is 9.59 Å². The van der Waals surface area contributed by atoms with E-state index in [1.807, 2.05) is 11.0 Å². The first-order chi connectivity index (χ1) is 11.1. The van der Waals surface area contributed by atoms with Crippen molar-refractivity contribution < 1.29 is 14.7 Å². The van der Waals surface area contributed by atoms with E-state index in [-0.39, 0.29) is 5.91 Å². The van der Waals surface area contributed by atoms with Crippen molar-refractivity contribution >= 4 is 11.9 Å². The van der Waals surface area contributed by atoms with Crippen LogP contribution in [0.15, 0.2) is 30.3 Å². The van der Waals surface area contributed by atoms with Gasteiger partial charge in [0.2, 0.25) is 5.91 Å². The lowest BCUT2D eigenvalue weighted by atomic mass is 9.90. The number of likely N-dealkylation sites (tertiary alicyclic amines) is 1. The van der Waals surface area contributed by atoms with Crippen LogP contribution < -0.4 is 0 Å². The summed E-state index contributed by atoms with van der Waals surface area (Å²) in [5.41, 5.74) is 0.283. The molecule has 1 atom stereocenters. The van der Waals surface area contributed by atoms with Crippen LogP contribution in [-0.2, 0) is 16.0 Å². The van der Waals surface area contributed by atoms with Crippen molar-refractivity contribution in [1.82, 2.24) is 4.90 Å². The molecule has 1 N–H and O–H groups in total. The van der Waals surface area contributed by atoms with Crippen molar-refractivity contribution in [3.8, 4) is 0 Å². The van der Waals surface area contributed by atoms with Crippen LogP contribution in [0.5, 0.6) is 0 Å². The highest BCUT2D eigenvalue weighted by atomic mass is 16.4. The van der Waals surface area contributed by atoms with Crippen molar-refractivity contribution in [3.05, 3.63) is 35.9 Å². The minimum Gasteiger partial charge on any atom is -0.480 e. The number of hydrogen-bond donors (Lipinski definition) is 1. The summed E-state index contributed by atoms with van der Waals surface area (Å²) in [4.78, 5) is 25.7. The highest BCUT2D eigenvalue weighted by Crippen LogP contribution is 2.48. The first-order valence-corrected chi connectivity index (χ1v) is 8.68. The smallest absolute Gasteiger partial charge is 0.319 e. The van der Waals surface area contributed by atoms with E-state index in [4.69, 9.17) is 0 Å². The van der Waals surface area contributed by atoms with Crippen LogP contribution in [-0.4, -0.2) is 35.0 Å². The fourth-order valence-electron chi connectivity index (χ4n) is 3.67. The summed E-state index contributed by atoms with van der Waals surface area (Å²) in [6, 6.07) is 10.5. The summed E-state index contributed by atoms with van der Waals surface area (Å²) in [6.45, 7) is 1.46. The number of carbonyl (C=O) groups excluding carboxylic acids is 1. The number of amides is 1. The SMILES string of the molecule is O=C(O)C1(C(=O)N2CCCC(CCCc3ccccc3)C2)CC1. The minimum atomic E-state index is -1.08. The molecule has 3 rings (SSSR count). The highest BCUT2D eigenvalue weighted by molar-refractivity contribution is 6.04. The average molecular weight is 315 g/mol. The van der Waals surface area contributed by atoms with Gasteiger partial charge in [-0.25, -0.2) is 0 Å². The summed E-state index contributed by atoms with van der Waals surface area (Å²) in [6.07, 6.45) is 6.48. The van der Waals surface area contributed by atoms with Crippen LogP contribution in [0.4, 0.5) is 0 Å². The van der Waals surface area contributed by atoms with Crippen LogP contribution in [0, 0.1) is 11.3 Å². The second-order valence-electron chi connectivity index (χ2n) is 7.02. The van der Waals surface area contributed by atoms with Gasteiger partial charge in [-0.05, 0) is 56.4 Å². The molecule has 4 nitrogen and oxygen atoms in total. The number of aliphatic carboxylic acids is 1. The van der Waals surface area contributed by atoms with Gasteiger partial charge in [-0.1, -0.05) is 30.3 Å². The monoisotopic (exact) mass is 315 g/mol. The molecular formula is C19H25NO3. The molecule has 1 heterocycles. The molecule has 1 aliphatic carbocycles. The van der Waals surface area contributed by atoms with Crippen molar-refractivity contribution in [2.75, 3.05) is 13.1 Å². The molecule has 2 aliphatic rings. The predicted octanol–water partition coefficient (Wildman–Crippen LogP) is 3.11. The molecule has 1 saturated carbocycles. The van der Waals surface area contributed by atoms with E-state index in [9.17, 15) is 14.7 Å². The number of carboxylic acid groups (broad SMARTS) is 1. The van der Waals surface area contributed by atoms with E-state index in [1.54, 1.807) is 0 Å². The minimum absolute atomic E-state index is 0.141. The topological polar surface area (TPSA) is 57.6 Å². The lowest BCUT2D eigenvalue weighted by Gasteiger charge is -2.34. The molecule has 2 fully saturated rings. The summed E-state index contributed by atoms with van der Waals surface area (Å²) in [7, 11) is 0. The van der Waals surface area contributed by atoms with Crippen LogP contribution in [0.2, 0.25) is 0 Å². The number of nitrogens with zero attached hydrogens (tertiary/aromatic N) is 1. The Morgan fingerprint density at radius 1 is 1.22 bits per heavy atom. The second-order valence-corrected chi connectivity index (χ2v) is 7.02. The first-order valence-electron chi connectivity index (χ1n) is 8.68. The molecule has 4 heteroatoms. The van der Waals surface area contributed by atoms with Gasteiger partial charge in [-0.2, -0.15) is 0 Å². The summed E-state index contributed by atoms with van der Waals surface area (Å²) < 4.78 is 0. The van der Waals surface area contributed by atoms with Gasteiger partial charge in [0.25, 0.3) is 0 Å². The van der Waals surface area contributed by atoms with Crippen molar-refractivity contribution in [2.45, 2.75) is 44.9 Å². The van der Waals surface area contributed by atoms with Crippen LogP contribution in [0.3, 0.4) is 0 Å². The second kappa shape index (κ2) is 6.73. The maximum atomic E-state index is 12.5. The molecule has 1 unspecified atom stereocenters. The van der Waals surface area contributed by atoms with E-state index >= 15 is 0 Å². The molecule has 0 radical (unpaired) electrons. The lowest BCUT2D eigenvalue weighted by Crippen LogP contribution is -2.46. The Morgan fingerprint density at radius 3 is 2.61 bits per heavy atom. The van der Waals surface area contributed by atoms with Gasteiger partial charge in [-0.15, -0.1) is 0 Å². The Hall–Kier alpha value is -1.84. The van der Waals surface area contributed by atoms with Crippen LogP contribution in [0.1, 0.15) is 44.1 Å². The molecular weight excluding hydrogens is 290 g/mol. The Balaban J connectivity index is 1.49. The van der Waals surface area contributed by atoms with E-state index in [1.165, 1.54) is 5.56 Å². The molecule has 0 bridgehead atoms. The summed E-state index contributed by atoms with van der Waals surface area (Å²) in [5.74, 6) is -0.563. The van der Waals surface area contributed by atoms with Crippen molar-refractivity contribution in [1.29, 1.82) is 0 Å². The molecule has 0 aromatic heterocycles. The molecule has 1 amide bonds. The number of carbonyl (C=O) groups is 2. The zero-order valence-electron chi connectivity index (χ0n) is 13.5. The molecule has 1 aromatic rings. The zero-order chi connectivity index (χ0) is 16.3. The first kappa shape index (κ1) is 16.0. The molecule has 0 spiro atoms. The lowest BCUT2D eigenvalue weighted by molar-refractivity contribution is -0.154. The number of aryl methyl sites for hydroxylation is 1. The summed E-state index contributed by atoms with van der Waals surface area (Å²) >= 11 is 0. The number of benzene rings is 1. The molecule has 1 aromatic carbocycles. The third kappa shape index (κ3) is 3.57. The highest BCUT2D eigenvalue weighted by Gasteiger charge is 2.58. The quantitative estimate of drug-likeness (QED) is 0.821. The third-order valence-electron chi connectivity index (χ3n) is 5.30. The normalized spacial score (nSPS) is 22.6. The van der Waals surface area contributed by atoms with E-state index in [0.717, 1.165) is 45.2 Å².